The molecule has 29 heavy (non-hydrogen) atoms. The van der Waals surface area contributed by atoms with Gasteiger partial charge in [0.1, 0.15) is 5.75 Å². The van der Waals surface area contributed by atoms with Crippen molar-refractivity contribution in [2.45, 2.75) is 52.1 Å². The molecule has 1 aliphatic heterocycles. The number of hydrogen-bond acceptors (Lipinski definition) is 3. The number of ether oxygens (including phenoxy) is 1. The van der Waals surface area contributed by atoms with Gasteiger partial charge >= 0.3 is 0 Å². The zero-order chi connectivity index (χ0) is 20.6. The number of para-hydroxylation sites is 1. The Bertz CT molecular complexity index is 842. The van der Waals surface area contributed by atoms with E-state index >= 15 is 0 Å². The highest BCUT2D eigenvalue weighted by Crippen LogP contribution is 2.22. The summed E-state index contributed by atoms with van der Waals surface area (Å²) in [6.07, 6.45) is 5.36. The Labute approximate surface area is 173 Å². The van der Waals surface area contributed by atoms with Crippen LogP contribution in [-0.4, -0.2) is 35.9 Å². The molecule has 1 aliphatic rings. The third kappa shape index (κ3) is 5.59. The molecule has 1 atom stereocenters. The molecule has 5 heteroatoms. The molecule has 1 saturated heterocycles. The smallest absolute Gasteiger partial charge is 0.255 e. The monoisotopic (exact) mass is 394 g/mol. The summed E-state index contributed by atoms with van der Waals surface area (Å²) in [5.74, 6) is 0.397. The summed E-state index contributed by atoms with van der Waals surface area (Å²) in [7, 11) is 0. The highest BCUT2D eigenvalue weighted by atomic mass is 16.5. The molecular formula is C24H30N2O3. The molecule has 2 amide bonds. The zero-order valence-corrected chi connectivity index (χ0v) is 17.3. The van der Waals surface area contributed by atoms with Crippen LogP contribution in [0.2, 0.25) is 0 Å². The van der Waals surface area contributed by atoms with Crippen LogP contribution in [-0.2, 0) is 0 Å². The first-order valence-corrected chi connectivity index (χ1v) is 10.5. The van der Waals surface area contributed by atoms with Crippen molar-refractivity contribution in [3.05, 3.63) is 59.7 Å². The fraction of sp³-hybridized carbons (Fsp3) is 0.417. The highest BCUT2D eigenvalue weighted by Gasteiger charge is 2.21. The van der Waals surface area contributed by atoms with Crippen molar-refractivity contribution in [3.63, 3.8) is 0 Å². The Morgan fingerprint density at radius 3 is 2.48 bits per heavy atom. The first kappa shape index (κ1) is 20.9. The fourth-order valence-electron chi connectivity index (χ4n) is 3.44. The Kier molecular flexibility index (Phi) is 7.28. The average Bonchev–Trinajstić information content (AvgIpc) is 3.03. The second kappa shape index (κ2) is 10.1. The molecule has 1 fully saturated rings. The molecule has 0 saturated carbocycles. The molecule has 0 spiro atoms. The van der Waals surface area contributed by atoms with Crippen LogP contribution in [0.1, 0.15) is 66.7 Å². The number of hydrogen-bond donors (Lipinski definition) is 1. The Balaban J connectivity index is 1.76. The number of likely N-dealkylation sites (tertiary alicyclic amines) is 1. The van der Waals surface area contributed by atoms with Gasteiger partial charge in [-0.3, -0.25) is 9.59 Å². The molecule has 1 unspecified atom stereocenters. The number of benzene rings is 2. The number of nitrogens with one attached hydrogen (secondary N) is 1. The van der Waals surface area contributed by atoms with Gasteiger partial charge in [-0.25, -0.2) is 0 Å². The Hall–Kier alpha value is -2.82. The van der Waals surface area contributed by atoms with Crippen LogP contribution < -0.4 is 10.1 Å². The van der Waals surface area contributed by atoms with Gasteiger partial charge in [0, 0.05) is 18.7 Å². The van der Waals surface area contributed by atoms with Gasteiger partial charge in [-0.15, -0.1) is 0 Å². The normalized spacial score (nSPS) is 15.3. The van der Waals surface area contributed by atoms with Crippen LogP contribution >= 0.6 is 0 Å². The Morgan fingerprint density at radius 2 is 1.76 bits per heavy atom. The third-order valence-corrected chi connectivity index (χ3v) is 5.31. The highest BCUT2D eigenvalue weighted by molar-refractivity contribution is 6.09. The lowest BCUT2D eigenvalue weighted by Crippen LogP contribution is -2.32. The summed E-state index contributed by atoms with van der Waals surface area (Å²) in [5, 5.41) is 2.91. The third-order valence-electron chi connectivity index (χ3n) is 5.31. The maximum Gasteiger partial charge on any atom is 0.255 e. The summed E-state index contributed by atoms with van der Waals surface area (Å²) >= 11 is 0. The molecule has 154 valence electrons. The van der Waals surface area contributed by atoms with Crippen molar-refractivity contribution in [3.8, 4) is 5.75 Å². The van der Waals surface area contributed by atoms with Gasteiger partial charge in [0.25, 0.3) is 11.8 Å². The summed E-state index contributed by atoms with van der Waals surface area (Å²) in [6, 6.07) is 14.4. The summed E-state index contributed by atoms with van der Waals surface area (Å²) in [5.41, 5.74) is 1.58. The first-order valence-electron chi connectivity index (χ1n) is 10.5. The SMILES string of the molecule is CCC(C)Oc1cccc(C(=O)Nc2ccccc2C(=O)N2CCCCCC2)c1. The largest absolute Gasteiger partial charge is 0.491 e. The van der Waals surface area contributed by atoms with E-state index in [2.05, 4.69) is 12.2 Å². The molecule has 2 aromatic carbocycles. The molecule has 0 radical (unpaired) electrons. The van der Waals surface area contributed by atoms with Gasteiger partial charge in [-0.05, 0) is 56.5 Å². The molecular weight excluding hydrogens is 364 g/mol. The Morgan fingerprint density at radius 1 is 1.03 bits per heavy atom. The van der Waals surface area contributed by atoms with Crippen molar-refractivity contribution < 1.29 is 14.3 Å². The lowest BCUT2D eigenvalue weighted by atomic mass is 10.1. The van der Waals surface area contributed by atoms with Crippen LogP contribution in [0.15, 0.2) is 48.5 Å². The van der Waals surface area contributed by atoms with Crippen molar-refractivity contribution >= 4 is 17.5 Å². The zero-order valence-electron chi connectivity index (χ0n) is 17.3. The van der Waals surface area contributed by atoms with E-state index in [0.717, 1.165) is 45.2 Å². The van der Waals surface area contributed by atoms with Gasteiger partial charge in [-0.2, -0.15) is 0 Å². The molecule has 0 aliphatic carbocycles. The lowest BCUT2D eigenvalue weighted by Gasteiger charge is -2.22. The van der Waals surface area contributed by atoms with Crippen molar-refractivity contribution in [2.75, 3.05) is 18.4 Å². The lowest BCUT2D eigenvalue weighted by molar-refractivity contribution is 0.0762. The number of rotatable bonds is 6. The van der Waals surface area contributed by atoms with E-state index < -0.39 is 0 Å². The minimum atomic E-state index is -0.254. The van der Waals surface area contributed by atoms with Crippen LogP contribution in [0.4, 0.5) is 5.69 Å². The average molecular weight is 395 g/mol. The molecule has 5 nitrogen and oxygen atoms in total. The number of nitrogens with zero attached hydrogens (tertiary/aromatic N) is 1. The molecule has 0 bridgehead atoms. The van der Waals surface area contributed by atoms with Crippen LogP contribution in [0, 0.1) is 0 Å². The van der Waals surface area contributed by atoms with Gasteiger partial charge < -0.3 is 15.0 Å². The van der Waals surface area contributed by atoms with Gasteiger partial charge in [0.15, 0.2) is 0 Å². The van der Waals surface area contributed by atoms with Crippen LogP contribution in [0.5, 0.6) is 5.75 Å². The molecule has 2 aromatic rings. The van der Waals surface area contributed by atoms with Crippen molar-refractivity contribution in [1.29, 1.82) is 0 Å². The number of carbonyl (C=O) groups is 2. The molecule has 1 heterocycles. The maximum atomic E-state index is 13.1. The van der Waals surface area contributed by atoms with E-state index in [1.54, 1.807) is 30.3 Å². The maximum absolute atomic E-state index is 13.1. The minimum Gasteiger partial charge on any atom is -0.491 e. The topological polar surface area (TPSA) is 58.6 Å². The summed E-state index contributed by atoms with van der Waals surface area (Å²) in [6.45, 7) is 5.60. The van der Waals surface area contributed by atoms with Crippen LogP contribution in [0.25, 0.3) is 0 Å². The summed E-state index contributed by atoms with van der Waals surface area (Å²) < 4.78 is 5.82. The van der Waals surface area contributed by atoms with Crippen molar-refractivity contribution in [1.82, 2.24) is 4.90 Å². The van der Waals surface area contributed by atoms with E-state index in [9.17, 15) is 9.59 Å². The quantitative estimate of drug-likeness (QED) is 0.739. The van der Waals surface area contributed by atoms with Crippen molar-refractivity contribution in [2.24, 2.45) is 0 Å². The number of carbonyl (C=O) groups excluding carboxylic acids is 2. The van der Waals surface area contributed by atoms with Gasteiger partial charge in [0.05, 0.1) is 17.4 Å². The van der Waals surface area contributed by atoms with E-state index in [4.69, 9.17) is 4.74 Å². The van der Waals surface area contributed by atoms with Gasteiger partial charge in [0.2, 0.25) is 0 Å². The standard InChI is InChI=1S/C24H30N2O3/c1-3-18(2)29-20-12-10-11-19(17-20)23(27)25-22-14-7-6-13-21(22)24(28)26-15-8-4-5-9-16-26/h6-7,10-14,17-18H,3-5,8-9,15-16H2,1-2H3,(H,25,27). The van der Waals surface area contributed by atoms with Crippen LogP contribution in [0.3, 0.4) is 0 Å². The number of anilines is 1. The van der Waals surface area contributed by atoms with E-state index in [-0.39, 0.29) is 17.9 Å². The predicted molar refractivity (Wildman–Crippen MR) is 116 cm³/mol. The second-order valence-corrected chi connectivity index (χ2v) is 7.57. The minimum absolute atomic E-state index is 0.0170. The predicted octanol–water partition coefficient (Wildman–Crippen LogP) is 5.13. The van der Waals surface area contributed by atoms with E-state index in [1.807, 2.05) is 30.0 Å². The fourth-order valence-corrected chi connectivity index (χ4v) is 3.44. The number of amides is 2. The molecule has 1 N–H and O–H groups in total. The van der Waals surface area contributed by atoms with E-state index in [1.165, 1.54) is 0 Å². The first-order chi connectivity index (χ1) is 14.1. The second-order valence-electron chi connectivity index (χ2n) is 7.57. The van der Waals surface area contributed by atoms with E-state index in [0.29, 0.717) is 22.6 Å². The van der Waals surface area contributed by atoms with Gasteiger partial charge in [-0.1, -0.05) is 38.0 Å². The molecule has 3 rings (SSSR count). The summed E-state index contributed by atoms with van der Waals surface area (Å²) in [4.78, 5) is 27.8. The molecule has 0 aromatic heterocycles.